The molecule has 7 atom stereocenters. The molecule has 0 heterocycles. The molecule has 166 valence electrons. The highest BCUT2D eigenvalue weighted by Gasteiger charge is 2.61. The molecule has 2 N–H and O–H groups in total. The second-order valence-electron chi connectivity index (χ2n) is 10.3. The monoisotopic (exact) mass is 420 g/mol. The highest BCUT2D eigenvalue weighted by molar-refractivity contribution is 5.94. The molecule has 0 aromatic carbocycles. The highest BCUT2D eigenvalue weighted by atomic mass is 16.7. The number of carboxylic acid groups (broad SMARTS) is 2. The molecule has 3 fully saturated rings. The van der Waals surface area contributed by atoms with Crippen LogP contribution < -0.4 is 0 Å². The summed E-state index contributed by atoms with van der Waals surface area (Å²) in [6.45, 7) is 4.93. The molecule has 0 radical (unpaired) electrons. The average Bonchev–Trinajstić information content (AvgIpc) is 3.01. The fraction of sp³-hybridized carbons (Fsp3) is 0.783. The SMILES string of the molecule is CC12CCC(COC(=O)O)CC1=CC(=O)C1C2CCC2(C)C(COC(=O)O)CCC12. The minimum atomic E-state index is -1.24. The van der Waals surface area contributed by atoms with Gasteiger partial charge in [-0.05, 0) is 85.5 Å². The van der Waals surface area contributed by atoms with Crippen molar-refractivity contribution >= 4 is 18.1 Å². The van der Waals surface area contributed by atoms with Gasteiger partial charge in [0.1, 0.15) is 0 Å². The van der Waals surface area contributed by atoms with Crippen LogP contribution in [0.5, 0.6) is 0 Å². The summed E-state index contributed by atoms with van der Waals surface area (Å²) in [6.07, 6.45) is 5.81. The third-order valence-electron chi connectivity index (χ3n) is 9.09. The third-order valence-corrected chi connectivity index (χ3v) is 9.09. The van der Waals surface area contributed by atoms with E-state index >= 15 is 0 Å². The summed E-state index contributed by atoms with van der Waals surface area (Å²) < 4.78 is 9.73. The Morgan fingerprint density at radius 2 is 1.70 bits per heavy atom. The number of ketones is 1. The molecule has 0 amide bonds. The number of ether oxygens (including phenoxy) is 2. The maximum atomic E-state index is 13.3. The van der Waals surface area contributed by atoms with E-state index in [-0.39, 0.29) is 53.5 Å². The van der Waals surface area contributed by atoms with Crippen molar-refractivity contribution in [1.29, 1.82) is 0 Å². The first-order chi connectivity index (χ1) is 14.1. The number of carbonyl (C=O) groups excluding carboxylic acids is 1. The van der Waals surface area contributed by atoms with E-state index < -0.39 is 12.3 Å². The van der Waals surface area contributed by atoms with Crippen LogP contribution >= 0.6 is 0 Å². The Morgan fingerprint density at radius 3 is 2.40 bits per heavy atom. The van der Waals surface area contributed by atoms with Crippen LogP contribution in [0.1, 0.15) is 58.8 Å². The molecule has 3 saturated carbocycles. The molecule has 4 aliphatic rings. The zero-order chi connectivity index (χ0) is 21.7. The summed E-state index contributed by atoms with van der Waals surface area (Å²) >= 11 is 0. The Morgan fingerprint density at radius 1 is 1.00 bits per heavy atom. The normalized spacial score (nSPS) is 42.4. The lowest BCUT2D eigenvalue weighted by atomic mass is 9.46. The van der Waals surface area contributed by atoms with Crippen molar-refractivity contribution in [3.05, 3.63) is 11.6 Å². The first kappa shape index (κ1) is 21.2. The summed E-state index contributed by atoms with van der Waals surface area (Å²) in [5.74, 6) is 1.11. The van der Waals surface area contributed by atoms with E-state index in [0.29, 0.717) is 5.92 Å². The Kier molecular flexibility index (Phi) is 5.35. The first-order valence-corrected chi connectivity index (χ1v) is 11.1. The summed E-state index contributed by atoms with van der Waals surface area (Å²) in [5, 5.41) is 17.7. The molecule has 0 saturated heterocycles. The quantitative estimate of drug-likeness (QED) is 0.631. The molecule has 0 spiro atoms. The molecule has 4 aliphatic carbocycles. The number of allylic oxidation sites excluding steroid dienone is 2. The van der Waals surface area contributed by atoms with E-state index in [4.69, 9.17) is 19.7 Å². The van der Waals surface area contributed by atoms with Gasteiger partial charge in [-0.2, -0.15) is 0 Å². The van der Waals surface area contributed by atoms with Crippen molar-refractivity contribution in [3.63, 3.8) is 0 Å². The van der Waals surface area contributed by atoms with Crippen LogP contribution in [0.15, 0.2) is 11.6 Å². The van der Waals surface area contributed by atoms with Crippen LogP contribution in [0.25, 0.3) is 0 Å². The van der Waals surface area contributed by atoms with Crippen LogP contribution in [0.4, 0.5) is 9.59 Å². The smallest absolute Gasteiger partial charge is 0.450 e. The van der Waals surface area contributed by atoms with Gasteiger partial charge in [0.25, 0.3) is 0 Å². The van der Waals surface area contributed by atoms with Crippen molar-refractivity contribution in [3.8, 4) is 0 Å². The number of carbonyl (C=O) groups is 3. The van der Waals surface area contributed by atoms with Gasteiger partial charge in [0.15, 0.2) is 5.78 Å². The van der Waals surface area contributed by atoms with Crippen LogP contribution in [0.3, 0.4) is 0 Å². The van der Waals surface area contributed by atoms with E-state index in [1.54, 1.807) is 0 Å². The van der Waals surface area contributed by atoms with Gasteiger partial charge in [-0.25, -0.2) is 9.59 Å². The molecule has 0 bridgehead atoms. The summed E-state index contributed by atoms with van der Waals surface area (Å²) in [6, 6.07) is 0. The van der Waals surface area contributed by atoms with Crippen molar-refractivity contribution in [2.75, 3.05) is 13.2 Å². The fourth-order valence-corrected chi connectivity index (χ4v) is 7.36. The Labute approximate surface area is 176 Å². The molecule has 30 heavy (non-hydrogen) atoms. The number of hydrogen-bond donors (Lipinski definition) is 2. The van der Waals surface area contributed by atoms with Gasteiger partial charge in [0.2, 0.25) is 0 Å². The predicted octanol–water partition coefficient (Wildman–Crippen LogP) is 4.75. The van der Waals surface area contributed by atoms with Gasteiger partial charge in [0, 0.05) is 5.92 Å². The summed E-state index contributed by atoms with van der Waals surface area (Å²) in [5.41, 5.74) is 1.10. The maximum Gasteiger partial charge on any atom is 0.505 e. The van der Waals surface area contributed by atoms with Gasteiger partial charge in [-0.1, -0.05) is 19.4 Å². The second kappa shape index (κ2) is 7.57. The lowest BCUT2D eigenvalue weighted by molar-refractivity contribution is -0.134. The van der Waals surface area contributed by atoms with Gasteiger partial charge in [0.05, 0.1) is 13.2 Å². The minimum Gasteiger partial charge on any atom is -0.450 e. The first-order valence-electron chi connectivity index (χ1n) is 11.1. The van der Waals surface area contributed by atoms with Crippen molar-refractivity contribution < 1.29 is 34.1 Å². The second-order valence-corrected chi connectivity index (χ2v) is 10.3. The van der Waals surface area contributed by atoms with Crippen LogP contribution in [-0.4, -0.2) is 41.5 Å². The molecule has 0 aromatic heterocycles. The zero-order valence-electron chi connectivity index (χ0n) is 17.8. The molecule has 7 nitrogen and oxygen atoms in total. The maximum absolute atomic E-state index is 13.3. The Balaban J connectivity index is 1.54. The van der Waals surface area contributed by atoms with Crippen molar-refractivity contribution in [2.45, 2.75) is 58.8 Å². The number of hydrogen-bond acceptors (Lipinski definition) is 5. The molecule has 0 aromatic rings. The van der Waals surface area contributed by atoms with E-state index in [0.717, 1.165) is 44.9 Å². The van der Waals surface area contributed by atoms with Crippen molar-refractivity contribution in [1.82, 2.24) is 0 Å². The Bertz CT molecular complexity index is 774. The molecule has 7 unspecified atom stereocenters. The van der Waals surface area contributed by atoms with Gasteiger partial charge >= 0.3 is 12.3 Å². The Hall–Kier alpha value is -2.05. The van der Waals surface area contributed by atoms with Crippen molar-refractivity contribution in [2.24, 2.45) is 40.4 Å². The van der Waals surface area contributed by atoms with E-state index in [2.05, 4.69) is 13.8 Å². The van der Waals surface area contributed by atoms with Crippen LogP contribution in [0.2, 0.25) is 0 Å². The highest BCUT2D eigenvalue weighted by Crippen LogP contribution is 2.65. The topological polar surface area (TPSA) is 110 Å². The van der Waals surface area contributed by atoms with Crippen LogP contribution in [-0.2, 0) is 14.3 Å². The predicted molar refractivity (Wildman–Crippen MR) is 107 cm³/mol. The number of rotatable bonds is 4. The van der Waals surface area contributed by atoms with Gasteiger partial charge < -0.3 is 19.7 Å². The molecule has 7 heteroatoms. The van der Waals surface area contributed by atoms with E-state index in [9.17, 15) is 14.4 Å². The largest absolute Gasteiger partial charge is 0.505 e. The molecular weight excluding hydrogens is 388 g/mol. The van der Waals surface area contributed by atoms with E-state index in [1.165, 1.54) is 5.57 Å². The standard InChI is InChI=1S/C23H32O7/c1-22-8-6-17-19(16(22)4-3-14(22)12-30-21(27)28)18(24)10-15-9-13(11-29-20(25)26)5-7-23(15,17)2/h10,13-14,16-17,19H,3-9,11-12H2,1-2H3,(H,25,26)(H,27,28). The molecular formula is C23H32O7. The van der Waals surface area contributed by atoms with E-state index in [1.807, 2.05) is 6.08 Å². The average molecular weight is 421 g/mol. The van der Waals surface area contributed by atoms with Crippen LogP contribution in [0, 0.1) is 40.4 Å². The van der Waals surface area contributed by atoms with Gasteiger partial charge in [-0.15, -0.1) is 0 Å². The summed E-state index contributed by atoms with van der Waals surface area (Å²) in [7, 11) is 0. The molecule has 4 rings (SSSR count). The number of fused-ring (bicyclic) bond motifs is 5. The lowest BCUT2D eigenvalue weighted by Crippen LogP contribution is -2.53. The third kappa shape index (κ3) is 3.40. The lowest BCUT2D eigenvalue weighted by Gasteiger charge is -2.57. The zero-order valence-corrected chi connectivity index (χ0v) is 17.8. The fourth-order valence-electron chi connectivity index (χ4n) is 7.36. The molecule has 0 aliphatic heterocycles. The van der Waals surface area contributed by atoms with Gasteiger partial charge in [-0.3, -0.25) is 4.79 Å². The minimum absolute atomic E-state index is 0.000789. The summed E-state index contributed by atoms with van der Waals surface area (Å²) in [4.78, 5) is 35.0.